The molecule has 0 saturated carbocycles. The summed E-state index contributed by atoms with van der Waals surface area (Å²) >= 11 is 5.42. The number of nitrogens with one attached hydrogen (secondary N) is 2. The molecule has 0 aliphatic rings. The van der Waals surface area contributed by atoms with Crippen molar-refractivity contribution in [1.29, 1.82) is 0 Å². The smallest absolute Gasteiger partial charge is 0.222 e. The highest BCUT2D eigenvalue weighted by Gasteiger charge is 2.23. The minimum atomic E-state index is -0.500. The van der Waals surface area contributed by atoms with Gasteiger partial charge in [0.05, 0.1) is 14.2 Å². The molecule has 2 N–H and O–H groups in total. The molecule has 4 aromatic rings. The van der Waals surface area contributed by atoms with E-state index < -0.39 is 6.04 Å². The van der Waals surface area contributed by atoms with E-state index in [0.29, 0.717) is 34.5 Å². The number of benzene rings is 2. The first-order valence-corrected chi connectivity index (χ1v) is 11.5. The van der Waals surface area contributed by atoms with Gasteiger partial charge in [0.2, 0.25) is 5.91 Å². The number of imidazole rings is 1. The van der Waals surface area contributed by atoms with Crippen molar-refractivity contribution in [1.82, 2.24) is 29.6 Å². The topological polar surface area (TPSA) is 99.0 Å². The van der Waals surface area contributed by atoms with Crippen LogP contribution >= 0.6 is 12.2 Å². The molecule has 4 rings (SSSR count). The Balaban J connectivity index is 1.57. The van der Waals surface area contributed by atoms with Gasteiger partial charge in [-0.3, -0.25) is 14.5 Å². The van der Waals surface area contributed by atoms with Crippen LogP contribution in [-0.2, 0) is 18.4 Å². The second kappa shape index (κ2) is 10.6. The van der Waals surface area contributed by atoms with Gasteiger partial charge in [-0.2, -0.15) is 5.10 Å². The van der Waals surface area contributed by atoms with Gasteiger partial charge in [0, 0.05) is 44.0 Å². The van der Waals surface area contributed by atoms with Crippen molar-refractivity contribution >= 4 is 18.1 Å². The van der Waals surface area contributed by atoms with Crippen molar-refractivity contribution in [2.45, 2.75) is 25.9 Å². The number of carbonyl (C=O) groups excluding carboxylic acids is 1. The minimum absolute atomic E-state index is 0.155. The van der Waals surface area contributed by atoms with E-state index in [-0.39, 0.29) is 12.3 Å². The van der Waals surface area contributed by atoms with Gasteiger partial charge in [0.1, 0.15) is 23.4 Å². The number of carbonyl (C=O) groups is 1. The molecule has 1 atom stereocenters. The Morgan fingerprint density at radius 2 is 1.83 bits per heavy atom. The Bertz CT molecular complexity index is 1350. The van der Waals surface area contributed by atoms with Gasteiger partial charge in [-0.25, -0.2) is 4.98 Å². The van der Waals surface area contributed by atoms with Crippen LogP contribution in [0.3, 0.4) is 0 Å². The first-order chi connectivity index (χ1) is 16.9. The highest BCUT2D eigenvalue weighted by molar-refractivity contribution is 7.71. The SMILES string of the molecule is COc1cc(OC)cc(C(NC(=O)CCn2c(-c3ccc(C)cc3)n[nH]c2=S)c2nccn2C)c1. The Morgan fingerprint density at radius 1 is 1.14 bits per heavy atom. The van der Waals surface area contributed by atoms with Crippen molar-refractivity contribution in [3.05, 3.63) is 76.6 Å². The molecule has 0 radical (unpaired) electrons. The molecule has 0 saturated heterocycles. The van der Waals surface area contributed by atoms with Gasteiger partial charge in [0.15, 0.2) is 10.6 Å². The molecule has 0 bridgehead atoms. The summed E-state index contributed by atoms with van der Waals surface area (Å²) < 4.78 is 15.0. The van der Waals surface area contributed by atoms with E-state index in [1.54, 1.807) is 26.5 Å². The molecule has 9 nitrogen and oxygen atoms in total. The molecule has 35 heavy (non-hydrogen) atoms. The van der Waals surface area contributed by atoms with Crippen LogP contribution in [-0.4, -0.2) is 44.4 Å². The summed E-state index contributed by atoms with van der Waals surface area (Å²) in [6.45, 7) is 2.40. The number of aromatic nitrogens is 5. The van der Waals surface area contributed by atoms with Crippen molar-refractivity contribution in [2.24, 2.45) is 7.05 Å². The number of amides is 1. The van der Waals surface area contributed by atoms with E-state index >= 15 is 0 Å². The normalized spacial score (nSPS) is 11.8. The number of H-pyrrole nitrogens is 1. The summed E-state index contributed by atoms with van der Waals surface area (Å²) in [6.07, 6.45) is 3.74. The number of ether oxygens (including phenoxy) is 2. The zero-order chi connectivity index (χ0) is 24.9. The number of aryl methyl sites for hydroxylation is 2. The van der Waals surface area contributed by atoms with Gasteiger partial charge in [-0.1, -0.05) is 29.8 Å². The third kappa shape index (κ3) is 5.43. The van der Waals surface area contributed by atoms with Crippen LogP contribution in [0.4, 0.5) is 0 Å². The predicted molar refractivity (Wildman–Crippen MR) is 135 cm³/mol. The summed E-state index contributed by atoms with van der Waals surface area (Å²) in [5.41, 5.74) is 2.88. The number of nitrogens with zero attached hydrogens (tertiary/aromatic N) is 4. The number of hydrogen-bond acceptors (Lipinski definition) is 6. The molecule has 10 heteroatoms. The largest absolute Gasteiger partial charge is 0.497 e. The van der Waals surface area contributed by atoms with E-state index in [0.717, 1.165) is 16.7 Å². The molecule has 0 fully saturated rings. The maximum Gasteiger partial charge on any atom is 0.222 e. The fourth-order valence-electron chi connectivity index (χ4n) is 3.84. The average molecular weight is 493 g/mol. The van der Waals surface area contributed by atoms with Crippen LogP contribution in [0.1, 0.15) is 29.4 Å². The average Bonchev–Trinajstić information content (AvgIpc) is 3.46. The molecular formula is C25H28N6O3S. The molecule has 1 amide bonds. The van der Waals surface area contributed by atoms with Crippen LogP contribution in [0.15, 0.2) is 54.9 Å². The van der Waals surface area contributed by atoms with Gasteiger partial charge in [0.25, 0.3) is 0 Å². The highest BCUT2D eigenvalue weighted by Crippen LogP contribution is 2.29. The lowest BCUT2D eigenvalue weighted by atomic mass is 10.0. The Kier molecular flexibility index (Phi) is 7.31. The van der Waals surface area contributed by atoms with Crippen molar-refractivity contribution in [3.63, 3.8) is 0 Å². The maximum atomic E-state index is 13.2. The van der Waals surface area contributed by atoms with Crippen LogP contribution in [0, 0.1) is 11.7 Å². The monoisotopic (exact) mass is 492 g/mol. The molecule has 0 aliphatic heterocycles. The third-order valence-corrected chi connectivity index (χ3v) is 6.07. The zero-order valence-corrected chi connectivity index (χ0v) is 20.9. The van der Waals surface area contributed by atoms with Crippen LogP contribution in [0.25, 0.3) is 11.4 Å². The highest BCUT2D eigenvalue weighted by atomic mass is 32.1. The van der Waals surface area contributed by atoms with Crippen molar-refractivity contribution < 1.29 is 14.3 Å². The molecule has 0 spiro atoms. The predicted octanol–water partition coefficient (Wildman–Crippen LogP) is 3.96. The molecule has 182 valence electrons. The zero-order valence-electron chi connectivity index (χ0n) is 20.1. The second-order valence-corrected chi connectivity index (χ2v) is 8.55. The first-order valence-electron chi connectivity index (χ1n) is 11.1. The summed E-state index contributed by atoms with van der Waals surface area (Å²) in [5, 5.41) is 10.3. The quantitative estimate of drug-likeness (QED) is 0.343. The van der Waals surface area contributed by atoms with E-state index in [9.17, 15) is 4.79 Å². The summed E-state index contributed by atoms with van der Waals surface area (Å²) in [6, 6.07) is 13.0. The molecular weight excluding hydrogens is 464 g/mol. The lowest BCUT2D eigenvalue weighted by molar-refractivity contribution is -0.121. The van der Waals surface area contributed by atoms with Gasteiger partial charge in [-0.15, -0.1) is 0 Å². The van der Waals surface area contributed by atoms with E-state index in [4.69, 9.17) is 21.7 Å². The molecule has 2 aromatic carbocycles. The molecule has 2 aromatic heterocycles. The maximum absolute atomic E-state index is 13.2. The Hall–Kier alpha value is -3.92. The standard InChI is InChI=1S/C25H28N6O3S/c1-16-5-7-17(8-6-16)23-28-29-25(35)31(23)11-9-21(32)27-22(24-26-10-12-30(24)2)18-13-19(33-3)15-20(14-18)34-4/h5-8,10,12-15,22H,9,11H2,1-4H3,(H,27,32)(H,29,35). The third-order valence-electron chi connectivity index (χ3n) is 5.76. The van der Waals surface area contributed by atoms with Gasteiger partial charge >= 0.3 is 0 Å². The Labute approximate surface area is 208 Å². The fourth-order valence-corrected chi connectivity index (χ4v) is 4.07. The second-order valence-electron chi connectivity index (χ2n) is 8.16. The fraction of sp³-hybridized carbons (Fsp3) is 0.280. The van der Waals surface area contributed by atoms with Crippen molar-refractivity contribution in [2.75, 3.05) is 14.2 Å². The van der Waals surface area contributed by atoms with Crippen LogP contribution in [0.2, 0.25) is 0 Å². The minimum Gasteiger partial charge on any atom is -0.497 e. The molecule has 0 aliphatic carbocycles. The number of aromatic amines is 1. The van der Waals surface area contributed by atoms with Gasteiger partial charge in [-0.05, 0) is 36.8 Å². The lowest BCUT2D eigenvalue weighted by Gasteiger charge is -2.21. The van der Waals surface area contributed by atoms with E-state index in [2.05, 4.69) is 20.5 Å². The number of methoxy groups -OCH3 is 2. The molecule has 1 unspecified atom stereocenters. The van der Waals surface area contributed by atoms with Crippen LogP contribution < -0.4 is 14.8 Å². The van der Waals surface area contributed by atoms with Crippen LogP contribution in [0.5, 0.6) is 11.5 Å². The summed E-state index contributed by atoms with van der Waals surface area (Å²) in [7, 11) is 5.07. The number of hydrogen-bond donors (Lipinski definition) is 2. The van der Waals surface area contributed by atoms with E-state index in [1.165, 1.54) is 0 Å². The summed E-state index contributed by atoms with van der Waals surface area (Å²) in [5.74, 6) is 2.48. The number of rotatable bonds is 9. The first kappa shape index (κ1) is 24.2. The van der Waals surface area contributed by atoms with Gasteiger partial charge < -0.3 is 19.4 Å². The summed E-state index contributed by atoms with van der Waals surface area (Å²) in [4.78, 5) is 17.6. The van der Waals surface area contributed by atoms with Crippen molar-refractivity contribution in [3.8, 4) is 22.9 Å². The lowest BCUT2D eigenvalue weighted by Crippen LogP contribution is -2.31. The Morgan fingerprint density at radius 3 is 2.43 bits per heavy atom. The van der Waals surface area contributed by atoms with E-state index in [1.807, 2.05) is 65.7 Å². The molecule has 2 heterocycles.